The van der Waals surface area contributed by atoms with E-state index in [2.05, 4.69) is 10.6 Å². The number of aliphatic hydroxyl groups excluding tert-OH is 1. The highest BCUT2D eigenvalue weighted by molar-refractivity contribution is 5.73. The van der Waals surface area contributed by atoms with Gasteiger partial charge in [0, 0.05) is 19.6 Å². The molecule has 1 atom stereocenters. The minimum Gasteiger partial charge on any atom is -0.467 e. The van der Waals surface area contributed by atoms with Crippen LogP contribution in [0.25, 0.3) is 0 Å². The summed E-state index contributed by atoms with van der Waals surface area (Å²) >= 11 is 0. The molecule has 0 radical (unpaired) electrons. The second kappa shape index (κ2) is 9.08. The van der Waals surface area contributed by atoms with Crippen molar-refractivity contribution >= 4 is 11.7 Å². The van der Waals surface area contributed by atoms with Crippen molar-refractivity contribution in [1.82, 2.24) is 10.6 Å². The lowest BCUT2D eigenvalue weighted by Crippen LogP contribution is -2.37. The van der Waals surface area contributed by atoms with E-state index in [1.807, 2.05) is 18.7 Å². The molecule has 2 rings (SSSR count). The SMILES string of the molecule is CCN(CC)c1ccc(CNC(=O)NCC(O)c2ccco2)cc1F. The van der Waals surface area contributed by atoms with Crippen LogP contribution in [0.1, 0.15) is 31.3 Å². The predicted octanol–water partition coefficient (Wildman–Crippen LogP) is 2.80. The van der Waals surface area contributed by atoms with Crippen molar-refractivity contribution in [1.29, 1.82) is 0 Å². The Hall–Kier alpha value is -2.54. The van der Waals surface area contributed by atoms with E-state index < -0.39 is 12.1 Å². The van der Waals surface area contributed by atoms with E-state index in [-0.39, 0.29) is 18.9 Å². The topological polar surface area (TPSA) is 77.7 Å². The number of hydrogen-bond acceptors (Lipinski definition) is 4. The molecule has 0 spiro atoms. The lowest BCUT2D eigenvalue weighted by molar-refractivity contribution is 0.148. The normalized spacial score (nSPS) is 11.8. The molecule has 6 nitrogen and oxygen atoms in total. The zero-order valence-corrected chi connectivity index (χ0v) is 14.5. The average molecular weight is 349 g/mol. The molecule has 25 heavy (non-hydrogen) atoms. The van der Waals surface area contributed by atoms with Crippen molar-refractivity contribution in [3.05, 3.63) is 53.7 Å². The number of nitrogens with one attached hydrogen (secondary N) is 2. The van der Waals surface area contributed by atoms with Crippen LogP contribution in [0.4, 0.5) is 14.9 Å². The number of halogens is 1. The smallest absolute Gasteiger partial charge is 0.315 e. The summed E-state index contributed by atoms with van der Waals surface area (Å²) in [5.74, 6) is 0.0750. The van der Waals surface area contributed by atoms with Crippen LogP contribution in [-0.4, -0.2) is 30.8 Å². The van der Waals surface area contributed by atoms with Gasteiger partial charge < -0.3 is 25.1 Å². The molecule has 2 aromatic rings. The number of carbonyl (C=O) groups is 1. The number of rotatable bonds is 8. The first-order valence-corrected chi connectivity index (χ1v) is 8.31. The van der Waals surface area contributed by atoms with Gasteiger partial charge in [-0.1, -0.05) is 6.07 Å². The second-order valence-electron chi connectivity index (χ2n) is 5.55. The minimum absolute atomic E-state index is 0.0224. The molecule has 0 saturated carbocycles. The first-order valence-electron chi connectivity index (χ1n) is 8.31. The zero-order chi connectivity index (χ0) is 18.2. The van der Waals surface area contributed by atoms with Gasteiger partial charge in [-0.3, -0.25) is 0 Å². The number of nitrogens with zero attached hydrogens (tertiary/aromatic N) is 1. The summed E-state index contributed by atoms with van der Waals surface area (Å²) in [6.07, 6.45) is 0.543. The number of anilines is 1. The van der Waals surface area contributed by atoms with Crippen LogP contribution in [0.3, 0.4) is 0 Å². The summed E-state index contributed by atoms with van der Waals surface area (Å²) in [6, 6.07) is 7.77. The number of urea groups is 1. The highest BCUT2D eigenvalue weighted by Gasteiger charge is 2.12. The van der Waals surface area contributed by atoms with Crippen molar-refractivity contribution in [2.75, 3.05) is 24.5 Å². The summed E-state index contributed by atoms with van der Waals surface area (Å²) < 4.78 is 19.2. The van der Waals surface area contributed by atoms with Gasteiger partial charge in [-0.2, -0.15) is 0 Å². The van der Waals surface area contributed by atoms with E-state index in [4.69, 9.17) is 4.42 Å². The fourth-order valence-corrected chi connectivity index (χ4v) is 2.50. The molecule has 3 N–H and O–H groups in total. The molecule has 7 heteroatoms. The van der Waals surface area contributed by atoms with E-state index in [9.17, 15) is 14.3 Å². The Labute approximate surface area is 146 Å². The Bertz CT molecular complexity index is 672. The zero-order valence-electron chi connectivity index (χ0n) is 14.5. The summed E-state index contributed by atoms with van der Waals surface area (Å²) in [7, 11) is 0. The van der Waals surface area contributed by atoms with Gasteiger partial charge in [0.05, 0.1) is 18.5 Å². The largest absolute Gasteiger partial charge is 0.467 e. The van der Waals surface area contributed by atoms with Crippen LogP contribution in [0.5, 0.6) is 0 Å². The molecule has 1 aromatic heterocycles. The summed E-state index contributed by atoms with van der Waals surface area (Å²) in [6.45, 7) is 5.61. The third kappa shape index (κ3) is 5.22. The Balaban J connectivity index is 1.82. The van der Waals surface area contributed by atoms with Crippen LogP contribution >= 0.6 is 0 Å². The quantitative estimate of drug-likeness (QED) is 0.685. The number of hydrogen-bond donors (Lipinski definition) is 3. The molecule has 1 aromatic carbocycles. The highest BCUT2D eigenvalue weighted by atomic mass is 19.1. The lowest BCUT2D eigenvalue weighted by Gasteiger charge is -2.22. The van der Waals surface area contributed by atoms with Crippen LogP contribution in [0.2, 0.25) is 0 Å². The summed E-state index contributed by atoms with van der Waals surface area (Å²) in [4.78, 5) is 13.7. The number of furan rings is 1. The van der Waals surface area contributed by atoms with Gasteiger partial charge in [-0.15, -0.1) is 0 Å². The Kier molecular flexibility index (Phi) is 6.82. The predicted molar refractivity (Wildman–Crippen MR) is 93.9 cm³/mol. The number of carbonyl (C=O) groups excluding carboxylic acids is 1. The van der Waals surface area contributed by atoms with E-state index in [0.717, 1.165) is 13.1 Å². The summed E-state index contributed by atoms with van der Waals surface area (Å²) in [5, 5.41) is 15.0. The number of amides is 2. The molecule has 0 bridgehead atoms. The molecule has 0 fully saturated rings. The second-order valence-corrected chi connectivity index (χ2v) is 5.55. The fraction of sp³-hybridized carbons (Fsp3) is 0.389. The van der Waals surface area contributed by atoms with Crippen LogP contribution < -0.4 is 15.5 Å². The van der Waals surface area contributed by atoms with Crippen LogP contribution in [0.15, 0.2) is 41.0 Å². The highest BCUT2D eigenvalue weighted by Crippen LogP contribution is 2.20. The van der Waals surface area contributed by atoms with E-state index >= 15 is 0 Å². The molecular formula is C18H24FN3O3. The molecule has 0 aliphatic heterocycles. The van der Waals surface area contributed by atoms with Gasteiger partial charge in [0.2, 0.25) is 0 Å². The molecule has 1 unspecified atom stereocenters. The van der Waals surface area contributed by atoms with Gasteiger partial charge in [0.1, 0.15) is 17.7 Å². The van der Waals surface area contributed by atoms with Crippen molar-refractivity contribution in [2.45, 2.75) is 26.5 Å². The minimum atomic E-state index is -0.911. The maximum absolute atomic E-state index is 14.2. The van der Waals surface area contributed by atoms with Gasteiger partial charge in [0.15, 0.2) is 0 Å². The Morgan fingerprint density at radius 2 is 2.04 bits per heavy atom. The van der Waals surface area contributed by atoms with Crippen molar-refractivity contribution in [2.24, 2.45) is 0 Å². The van der Waals surface area contributed by atoms with E-state index in [1.54, 1.807) is 24.3 Å². The molecular weight excluding hydrogens is 325 g/mol. The Morgan fingerprint density at radius 3 is 2.64 bits per heavy atom. The fourth-order valence-electron chi connectivity index (χ4n) is 2.50. The van der Waals surface area contributed by atoms with Gasteiger partial charge in [-0.25, -0.2) is 9.18 Å². The third-order valence-corrected chi connectivity index (χ3v) is 3.90. The molecule has 0 aliphatic rings. The average Bonchev–Trinajstić information content (AvgIpc) is 3.15. The summed E-state index contributed by atoms with van der Waals surface area (Å²) in [5.41, 5.74) is 1.22. The maximum Gasteiger partial charge on any atom is 0.315 e. The van der Waals surface area contributed by atoms with Gasteiger partial charge in [0.25, 0.3) is 0 Å². The standard InChI is InChI=1S/C18H24FN3O3/c1-3-22(4-2)15-8-7-13(10-14(15)19)11-20-18(24)21-12-16(23)17-6-5-9-25-17/h5-10,16,23H,3-4,11-12H2,1-2H3,(H2,20,21,24). The van der Waals surface area contributed by atoms with Crippen LogP contribution in [-0.2, 0) is 6.54 Å². The Morgan fingerprint density at radius 1 is 1.28 bits per heavy atom. The first kappa shape index (κ1) is 18.8. The van der Waals surface area contributed by atoms with E-state index in [0.29, 0.717) is 17.0 Å². The van der Waals surface area contributed by atoms with Gasteiger partial charge >= 0.3 is 6.03 Å². The maximum atomic E-state index is 14.2. The first-order chi connectivity index (χ1) is 12.0. The number of aliphatic hydroxyl groups is 1. The van der Waals surface area contributed by atoms with Gasteiger partial charge in [-0.05, 0) is 43.7 Å². The monoisotopic (exact) mass is 349 g/mol. The lowest BCUT2D eigenvalue weighted by atomic mass is 10.2. The van der Waals surface area contributed by atoms with Crippen molar-refractivity contribution < 1.29 is 18.7 Å². The van der Waals surface area contributed by atoms with E-state index in [1.165, 1.54) is 12.3 Å². The molecule has 0 aliphatic carbocycles. The van der Waals surface area contributed by atoms with Crippen molar-refractivity contribution in [3.8, 4) is 0 Å². The third-order valence-electron chi connectivity index (χ3n) is 3.90. The number of benzene rings is 1. The molecule has 0 saturated heterocycles. The molecule has 1 heterocycles. The molecule has 2 amide bonds. The van der Waals surface area contributed by atoms with Crippen LogP contribution in [0, 0.1) is 5.82 Å². The van der Waals surface area contributed by atoms with Crippen molar-refractivity contribution in [3.63, 3.8) is 0 Å². The molecule has 136 valence electrons.